The first kappa shape index (κ1) is 9.52. The van der Waals surface area contributed by atoms with Crippen molar-refractivity contribution >= 4 is 5.97 Å². The first-order chi connectivity index (χ1) is 5.54. The van der Waals surface area contributed by atoms with Gasteiger partial charge in [0.2, 0.25) is 0 Å². The van der Waals surface area contributed by atoms with Gasteiger partial charge in [0.15, 0.2) is 0 Å². The van der Waals surface area contributed by atoms with Gasteiger partial charge in [0.05, 0.1) is 12.0 Å². The summed E-state index contributed by atoms with van der Waals surface area (Å²) >= 11 is 0. The highest BCUT2D eigenvalue weighted by Crippen LogP contribution is 2.34. The van der Waals surface area contributed by atoms with E-state index in [2.05, 4.69) is 0 Å². The van der Waals surface area contributed by atoms with Crippen LogP contribution < -0.4 is 0 Å². The van der Waals surface area contributed by atoms with E-state index >= 15 is 0 Å². The Bertz CT molecular complexity index is 179. The summed E-state index contributed by atoms with van der Waals surface area (Å²) in [5.74, 6) is -0.782. The van der Waals surface area contributed by atoms with Crippen molar-refractivity contribution in [2.75, 3.05) is 0 Å². The molecule has 70 valence electrons. The summed E-state index contributed by atoms with van der Waals surface area (Å²) in [6.45, 7) is 3.83. The first-order valence-electron chi connectivity index (χ1n) is 4.45. The molecule has 12 heavy (non-hydrogen) atoms. The maximum Gasteiger partial charge on any atom is 0.306 e. The maximum atomic E-state index is 10.7. The van der Waals surface area contributed by atoms with Crippen molar-refractivity contribution in [2.24, 2.45) is 17.8 Å². The summed E-state index contributed by atoms with van der Waals surface area (Å²) in [6, 6.07) is 0. The lowest BCUT2D eigenvalue weighted by Gasteiger charge is -2.35. The van der Waals surface area contributed by atoms with Crippen molar-refractivity contribution in [1.82, 2.24) is 0 Å². The monoisotopic (exact) mass is 172 g/mol. The minimum Gasteiger partial charge on any atom is -0.481 e. The Labute approximate surface area is 72.4 Å². The molecule has 0 radical (unpaired) electrons. The standard InChI is InChI=1S/C9H16O3/c1-5-6(2)8(10)4-3-7(5)9(11)12/h5-8,10H,3-4H2,1-2H3,(H,11,12)/t5-,6+,7+,8-/m1/s1. The van der Waals surface area contributed by atoms with Gasteiger partial charge in [-0.1, -0.05) is 13.8 Å². The van der Waals surface area contributed by atoms with Gasteiger partial charge < -0.3 is 10.2 Å². The second-order valence-electron chi connectivity index (χ2n) is 3.81. The van der Waals surface area contributed by atoms with Crippen LogP contribution in [0.5, 0.6) is 0 Å². The number of carboxylic acids is 1. The van der Waals surface area contributed by atoms with E-state index in [0.717, 1.165) is 0 Å². The molecule has 4 atom stereocenters. The zero-order valence-corrected chi connectivity index (χ0v) is 7.53. The van der Waals surface area contributed by atoms with Crippen LogP contribution in [0.2, 0.25) is 0 Å². The Morgan fingerprint density at radius 1 is 1.25 bits per heavy atom. The topological polar surface area (TPSA) is 57.5 Å². The molecule has 0 bridgehead atoms. The molecule has 3 heteroatoms. The smallest absolute Gasteiger partial charge is 0.306 e. The second kappa shape index (κ2) is 3.44. The SMILES string of the molecule is C[C@@H]1[C@H](C)[C@H](O)CC[C@@H]1C(=O)O. The van der Waals surface area contributed by atoms with Gasteiger partial charge in [-0.3, -0.25) is 4.79 Å². The number of hydrogen-bond donors (Lipinski definition) is 2. The van der Waals surface area contributed by atoms with Crippen LogP contribution in [0.15, 0.2) is 0 Å². The maximum absolute atomic E-state index is 10.7. The number of aliphatic hydroxyl groups excluding tert-OH is 1. The fourth-order valence-corrected chi connectivity index (χ4v) is 1.94. The molecule has 0 aromatic rings. The number of aliphatic hydroxyl groups is 1. The van der Waals surface area contributed by atoms with Crippen LogP contribution in [0.25, 0.3) is 0 Å². The van der Waals surface area contributed by atoms with Crippen LogP contribution in [0.1, 0.15) is 26.7 Å². The highest BCUT2D eigenvalue weighted by atomic mass is 16.4. The van der Waals surface area contributed by atoms with Crippen LogP contribution in [0.4, 0.5) is 0 Å². The molecule has 1 aliphatic carbocycles. The third-order valence-corrected chi connectivity index (χ3v) is 3.16. The summed E-state index contributed by atoms with van der Waals surface area (Å²) < 4.78 is 0. The normalized spacial score (nSPS) is 42.6. The molecule has 0 saturated heterocycles. The molecule has 2 N–H and O–H groups in total. The molecule has 0 unspecified atom stereocenters. The van der Waals surface area contributed by atoms with Gasteiger partial charge in [-0.25, -0.2) is 0 Å². The third kappa shape index (κ3) is 1.61. The molecule has 1 saturated carbocycles. The van der Waals surface area contributed by atoms with Crippen molar-refractivity contribution in [3.8, 4) is 0 Å². The van der Waals surface area contributed by atoms with Crippen molar-refractivity contribution < 1.29 is 15.0 Å². The van der Waals surface area contributed by atoms with E-state index in [9.17, 15) is 9.90 Å². The van der Waals surface area contributed by atoms with E-state index in [0.29, 0.717) is 12.8 Å². The van der Waals surface area contributed by atoms with Crippen LogP contribution >= 0.6 is 0 Å². The van der Waals surface area contributed by atoms with Gasteiger partial charge in [-0.15, -0.1) is 0 Å². The van der Waals surface area contributed by atoms with E-state index in [1.807, 2.05) is 13.8 Å². The molecule has 0 heterocycles. The average Bonchev–Trinajstić information content (AvgIpc) is 2.00. The summed E-state index contributed by atoms with van der Waals surface area (Å²) in [4.78, 5) is 10.7. The second-order valence-corrected chi connectivity index (χ2v) is 3.81. The fourth-order valence-electron chi connectivity index (χ4n) is 1.94. The molecule has 1 aliphatic rings. The minimum absolute atomic E-state index is 0.0891. The highest BCUT2D eigenvalue weighted by Gasteiger charge is 2.36. The van der Waals surface area contributed by atoms with Gasteiger partial charge in [0, 0.05) is 0 Å². The van der Waals surface area contributed by atoms with Crippen LogP contribution in [-0.4, -0.2) is 22.3 Å². The number of aliphatic carboxylic acids is 1. The molecule has 0 spiro atoms. The highest BCUT2D eigenvalue weighted by molar-refractivity contribution is 5.70. The number of carboxylic acid groups (broad SMARTS) is 1. The summed E-state index contributed by atoms with van der Waals surface area (Å²) in [6.07, 6.45) is 0.931. The molecular weight excluding hydrogens is 156 g/mol. The minimum atomic E-state index is -0.721. The number of hydrogen-bond acceptors (Lipinski definition) is 2. The molecule has 1 fully saturated rings. The summed E-state index contributed by atoms with van der Waals surface area (Å²) in [5.41, 5.74) is 0. The number of rotatable bonds is 1. The Morgan fingerprint density at radius 3 is 2.33 bits per heavy atom. The fraction of sp³-hybridized carbons (Fsp3) is 0.889. The van der Waals surface area contributed by atoms with Gasteiger partial charge in [0.1, 0.15) is 0 Å². The third-order valence-electron chi connectivity index (χ3n) is 3.16. The zero-order chi connectivity index (χ0) is 9.30. The quantitative estimate of drug-likeness (QED) is 0.623. The lowest BCUT2D eigenvalue weighted by Crippen LogP contribution is -2.38. The van der Waals surface area contributed by atoms with Gasteiger partial charge >= 0.3 is 5.97 Å². The van der Waals surface area contributed by atoms with E-state index < -0.39 is 5.97 Å². The van der Waals surface area contributed by atoms with Crippen molar-refractivity contribution in [3.05, 3.63) is 0 Å². The molecule has 1 rings (SSSR count). The van der Waals surface area contributed by atoms with Gasteiger partial charge in [-0.2, -0.15) is 0 Å². The summed E-state index contributed by atoms with van der Waals surface area (Å²) in [7, 11) is 0. The van der Waals surface area contributed by atoms with E-state index in [-0.39, 0.29) is 23.9 Å². The zero-order valence-electron chi connectivity index (χ0n) is 7.53. The number of carbonyl (C=O) groups is 1. The Hall–Kier alpha value is -0.570. The van der Waals surface area contributed by atoms with Crippen LogP contribution in [-0.2, 0) is 4.79 Å². The molecular formula is C9H16O3. The molecule has 0 aromatic heterocycles. The van der Waals surface area contributed by atoms with Gasteiger partial charge in [0.25, 0.3) is 0 Å². The van der Waals surface area contributed by atoms with E-state index in [1.165, 1.54) is 0 Å². The first-order valence-corrected chi connectivity index (χ1v) is 4.45. The molecule has 0 amide bonds. The Kier molecular flexibility index (Phi) is 2.73. The lowest BCUT2D eigenvalue weighted by molar-refractivity contribution is -0.147. The Morgan fingerprint density at radius 2 is 1.83 bits per heavy atom. The predicted octanol–water partition coefficient (Wildman–Crippen LogP) is 1.11. The largest absolute Gasteiger partial charge is 0.481 e. The van der Waals surface area contributed by atoms with Gasteiger partial charge in [-0.05, 0) is 24.7 Å². The molecule has 0 aromatic carbocycles. The van der Waals surface area contributed by atoms with E-state index in [1.54, 1.807) is 0 Å². The Balaban J connectivity index is 2.65. The lowest BCUT2D eigenvalue weighted by atomic mass is 9.72. The molecule has 0 aliphatic heterocycles. The average molecular weight is 172 g/mol. The predicted molar refractivity (Wildman–Crippen MR) is 44.7 cm³/mol. The molecule has 3 nitrogen and oxygen atoms in total. The van der Waals surface area contributed by atoms with Crippen molar-refractivity contribution in [2.45, 2.75) is 32.8 Å². The van der Waals surface area contributed by atoms with Crippen LogP contribution in [0.3, 0.4) is 0 Å². The summed E-state index contributed by atoms with van der Waals surface area (Å²) in [5, 5.41) is 18.3. The van der Waals surface area contributed by atoms with Crippen LogP contribution in [0, 0.1) is 17.8 Å². The van der Waals surface area contributed by atoms with Crippen molar-refractivity contribution in [1.29, 1.82) is 0 Å². The van der Waals surface area contributed by atoms with Crippen molar-refractivity contribution in [3.63, 3.8) is 0 Å². The van der Waals surface area contributed by atoms with E-state index in [4.69, 9.17) is 5.11 Å².